The van der Waals surface area contributed by atoms with Gasteiger partial charge in [0.05, 0.1) is 0 Å². The molecule has 16 heavy (non-hydrogen) atoms. The second kappa shape index (κ2) is 13.8. The molecule has 0 radical (unpaired) electrons. The summed E-state index contributed by atoms with van der Waals surface area (Å²) in [6.07, 6.45) is 11.6. The smallest absolute Gasteiger partial charge is 0.0118 e. The molecule has 0 atom stereocenters. The SMILES string of the molecule is C=C/C=C(\C=C/C)SC(=C)/C=C\NC.CC. The van der Waals surface area contributed by atoms with E-state index in [2.05, 4.69) is 18.5 Å². The van der Waals surface area contributed by atoms with Crippen LogP contribution in [0.2, 0.25) is 0 Å². The lowest BCUT2D eigenvalue weighted by Gasteiger charge is -2.00. The molecule has 90 valence electrons. The molecule has 0 spiro atoms. The molecule has 0 amide bonds. The van der Waals surface area contributed by atoms with Crippen molar-refractivity contribution in [2.24, 2.45) is 0 Å². The van der Waals surface area contributed by atoms with Crippen molar-refractivity contribution in [3.8, 4) is 0 Å². The molecule has 0 aromatic heterocycles. The van der Waals surface area contributed by atoms with Gasteiger partial charge in [-0.05, 0) is 25.3 Å². The highest BCUT2D eigenvalue weighted by atomic mass is 32.2. The van der Waals surface area contributed by atoms with Crippen molar-refractivity contribution in [3.63, 3.8) is 0 Å². The molecule has 0 bridgehead atoms. The third kappa shape index (κ3) is 10.9. The quantitative estimate of drug-likeness (QED) is 0.675. The summed E-state index contributed by atoms with van der Waals surface area (Å²) in [6, 6.07) is 0. The van der Waals surface area contributed by atoms with E-state index in [1.165, 1.54) is 0 Å². The van der Waals surface area contributed by atoms with E-state index in [-0.39, 0.29) is 0 Å². The van der Waals surface area contributed by atoms with Crippen molar-refractivity contribution in [3.05, 3.63) is 59.5 Å². The van der Waals surface area contributed by atoms with Gasteiger partial charge in [-0.3, -0.25) is 0 Å². The van der Waals surface area contributed by atoms with Crippen LogP contribution in [0.1, 0.15) is 20.8 Å². The van der Waals surface area contributed by atoms with Crippen LogP contribution in [-0.4, -0.2) is 7.05 Å². The normalized spacial score (nSPS) is 11.1. The first-order valence-corrected chi connectivity index (χ1v) is 6.22. The highest BCUT2D eigenvalue weighted by molar-refractivity contribution is 8.07. The second-order valence-corrected chi connectivity index (χ2v) is 3.70. The fourth-order valence-corrected chi connectivity index (χ4v) is 1.57. The van der Waals surface area contributed by atoms with Crippen molar-refractivity contribution in [2.75, 3.05) is 7.05 Å². The molecule has 1 N–H and O–H groups in total. The van der Waals surface area contributed by atoms with Gasteiger partial charge in [0.15, 0.2) is 0 Å². The van der Waals surface area contributed by atoms with Gasteiger partial charge in [-0.25, -0.2) is 0 Å². The van der Waals surface area contributed by atoms with E-state index >= 15 is 0 Å². The van der Waals surface area contributed by atoms with Crippen LogP contribution in [0.5, 0.6) is 0 Å². The van der Waals surface area contributed by atoms with Crippen molar-refractivity contribution in [1.82, 2.24) is 5.32 Å². The number of nitrogens with one attached hydrogen (secondary N) is 1. The fraction of sp³-hybridized carbons (Fsp3) is 0.286. The van der Waals surface area contributed by atoms with Gasteiger partial charge in [-0.15, -0.1) is 0 Å². The van der Waals surface area contributed by atoms with E-state index in [0.717, 1.165) is 9.81 Å². The Labute approximate surface area is 105 Å². The molecule has 0 saturated carbocycles. The van der Waals surface area contributed by atoms with Gasteiger partial charge >= 0.3 is 0 Å². The molecule has 0 heterocycles. The molecule has 0 aromatic carbocycles. The lowest BCUT2D eigenvalue weighted by Crippen LogP contribution is -1.90. The summed E-state index contributed by atoms with van der Waals surface area (Å²) in [5.41, 5.74) is 0. The maximum absolute atomic E-state index is 3.92. The van der Waals surface area contributed by atoms with Gasteiger partial charge in [0, 0.05) is 16.9 Å². The van der Waals surface area contributed by atoms with Crippen LogP contribution in [0, 0.1) is 0 Å². The maximum atomic E-state index is 3.92. The number of allylic oxidation sites excluding steroid dienone is 5. The van der Waals surface area contributed by atoms with Crippen molar-refractivity contribution in [1.29, 1.82) is 0 Å². The number of hydrogen-bond acceptors (Lipinski definition) is 2. The van der Waals surface area contributed by atoms with Crippen LogP contribution >= 0.6 is 11.8 Å². The highest BCUT2D eigenvalue weighted by Crippen LogP contribution is 2.25. The molecule has 0 aliphatic carbocycles. The Morgan fingerprint density at radius 1 is 1.25 bits per heavy atom. The summed E-state index contributed by atoms with van der Waals surface area (Å²) < 4.78 is 0. The minimum atomic E-state index is 0.991. The first kappa shape index (κ1) is 17.3. The third-order valence-electron chi connectivity index (χ3n) is 1.30. The van der Waals surface area contributed by atoms with E-state index in [4.69, 9.17) is 0 Å². The Kier molecular flexibility index (Phi) is 14.9. The van der Waals surface area contributed by atoms with Gasteiger partial charge in [-0.2, -0.15) is 0 Å². The van der Waals surface area contributed by atoms with Crippen molar-refractivity contribution in [2.45, 2.75) is 20.8 Å². The van der Waals surface area contributed by atoms with E-state index in [1.54, 1.807) is 17.8 Å². The van der Waals surface area contributed by atoms with E-state index in [0.29, 0.717) is 0 Å². The molecule has 0 rings (SSSR count). The zero-order valence-corrected chi connectivity index (χ0v) is 11.6. The minimum absolute atomic E-state index is 0.991. The Bertz CT molecular complexity index is 272. The Hall–Kier alpha value is -1.15. The highest BCUT2D eigenvalue weighted by Gasteiger charge is 1.93. The van der Waals surface area contributed by atoms with Gasteiger partial charge < -0.3 is 5.32 Å². The molecule has 1 nitrogen and oxygen atoms in total. The molecule has 0 aliphatic rings. The van der Waals surface area contributed by atoms with Gasteiger partial charge in [0.25, 0.3) is 0 Å². The molecule has 0 aromatic rings. The fourth-order valence-electron chi connectivity index (χ4n) is 0.766. The molecule has 0 aliphatic heterocycles. The van der Waals surface area contributed by atoms with Gasteiger partial charge in [0.2, 0.25) is 0 Å². The largest absolute Gasteiger partial charge is 0.394 e. The van der Waals surface area contributed by atoms with Crippen LogP contribution in [0.25, 0.3) is 0 Å². The summed E-state index contributed by atoms with van der Waals surface area (Å²) >= 11 is 1.62. The first-order chi connectivity index (χ1) is 7.74. The standard InChI is InChI=1S/C12H17NS.C2H6/c1-5-7-12(8-6-2)14-11(3)9-10-13-4;1-2/h5-10,13H,1,3H2,2,4H3;1-2H3/b8-6-,10-9-,12-7+;. The number of thioether (sulfide) groups is 1. The minimum Gasteiger partial charge on any atom is -0.394 e. The Morgan fingerprint density at radius 3 is 2.31 bits per heavy atom. The molecule has 0 unspecified atom stereocenters. The van der Waals surface area contributed by atoms with Crippen LogP contribution < -0.4 is 5.32 Å². The molecule has 0 fully saturated rings. The molecule has 0 saturated heterocycles. The Balaban J connectivity index is 0. The second-order valence-electron chi connectivity index (χ2n) is 2.50. The summed E-state index contributed by atoms with van der Waals surface area (Å²) in [4.78, 5) is 2.12. The zero-order valence-electron chi connectivity index (χ0n) is 10.8. The predicted octanol–water partition coefficient (Wildman–Crippen LogP) is 4.64. The molecular weight excluding hydrogens is 214 g/mol. The topological polar surface area (TPSA) is 12.0 Å². The predicted molar refractivity (Wildman–Crippen MR) is 79.4 cm³/mol. The van der Waals surface area contributed by atoms with Crippen LogP contribution in [0.3, 0.4) is 0 Å². The summed E-state index contributed by atoms with van der Waals surface area (Å²) in [5.74, 6) is 0. The average Bonchev–Trinajstić information content (AvgIpc) is 2.30. The van der Waals surface area contributed by atoms with Gasteiger partial charge in [0.1, 0.15) is 0 Å². The zero-order chi connectivity index (χ0) is 12.8. The summed E-state index contributed by atoms with van der Waals surface area (Å²) in [5, 5.41) is 2.92. The maximum Gasteiger partial charge on any atom is 0.0118 e. The van der Waals surface area contributed by atoms with Crippen LogP contribution in [-0.2, 0) is 0 Å². The van der Waals surface area contributed by atoms with Gasteiger partial charge in [-0.1, -0.05) is 57.0 Å². The monoisotopic (exact) mass is 237 g/mol. The first-order valence-electron chi connectivity index (χ1n) is 5.40. The lowest BCUT2D eigenvalue weighted by molar-refractivity contribution is 1.10. The number of hydrogen-bond donors (Lipinski definition) is 1. The molecular formula is C14H23NS. The lowest BCUT2D eigenvalue weighted by atomic mass is 10.4. The van der Waals surface area contributed by atoms with Crippen molar-refractivity contribution >= 4 is 11.8 Å². The summed E-state index contributed by atoms with van der Waals surface area (Å²) in [6.45, 7) is 13.6. The van der Waals surface area contributed by atoms with E-state index in [1.807, 2.05) is 58.3 Å². The number of rotatable bonds is 6. The van der Waals surface area contributed by atoms with E-state index in [9.17, 15) is 0 Å². The summed E-state index contributed by atoms with van der Waals surface area (Å²) in [7, 11) is 1.86. The van der Waals surface area contributed by atoms with E-state index < -0.39 is 0 Å². The third-order valence-corrected chi connectivity index (χ3v) is 2.20. The van der Waals surface area contributed by atoms with Crippen molar-refractivity contribution < 1.29 is 0 Å². The average molecular weight is 237 g/mol. The van der Waals surface area contributed by atoms with Crippen LogP contribution in [0.15, 0.2) is 59.5 Å². The molecule has 2 heteroatoms. The Morgan fingerprint density at radius 2 is 1.88 bits per heavy atom. The van der Waals surface area contributed by atoms with Crippen LogP contribution in [0.4, 0.5) is 0 Å².